The third-order valence-electron chi connectivity index (χ3n) is 2.46. The lowest BCUT2D eigenvalue weighted by atomic mass is 10.1. The van der Waals surface area contributed by atoms with Crippen LogP contribution in [0.5, 0.6) is 0 Å². The molecule has 0 aliphatic rings. The first kappa shape index (κ1) is 15.0. The maximum atomic E-state index is 11.4. The second-order valence-corrected chi connectivity index (χ2v) is 5.06. The molecule has 0 radical (unpaired) electrons. The van der Waals surface area contributed by atoms with Crippen LogP contribution in [0.2, 0.25) is 5.02 Å². The number of carbonyl (C=O) groups excluding carboxylic acids is 1. The summed E-state index contributed by atoms with van der Waals surface area (Å²) in [6, 6.07) is 7.08. The van der Waals surface area contributed by atoms with Gasteiger partial charge in [0.25, 0.3) is 0 Å². The number of carbonyl (C=O) groups is 1. The fraction of sp³-hybridized carbons (Fsp3) is 0.500. The molecule has 0 heterocycles. The largest absolute Gasteiger partial charge is 0.465 e. The maximum absolute atomic E-state index is 11.4. The van der Waals surface area contributed by atoms with Crippen molar-refractivity contribution in [2.45, 2.75) is 32.8 Å². The molecule has 0 fully saturated rings. The Morgan fingerprint density at radius 3 is 2.67 bits per heavy atom. The Bertz CT molecular complexity index is 390. The Morgan fingerprint density at radius 2 is 2.06 bits per heavy atom. The van der Waals surface area contributed by atoms with Gasteiger partial charge in [-0.1, -0.05) is 43.6 Å². The van der Waals surface area contributed by atoms with Crippen molar-refractivity contribution in [1.29, 1.82) is 0 Å². The van der Waals surface area contributed by atoms with Crippen molar-refractivity contribution >= 4 is 17.6 Å². The molecule has 4 heteroatoms. The van der Waals surface area contributed by atoms with Gasteiger partial charge in [0, 0.05) is 11.4 Å². The number of hydrogen-bond donors (Lipinski definition) is 1. The molecule has 0 amide bonds. The summed E-state index contributed by atoms with van der Waals surface area (Å²) < 4.78 is 5.04. The van der Waals surface area contributed by atoms with Crippen LogP contribution in [0, 0.1) is 5.92 Å². The van der Waals surface area contributed by atoms with Crippen LogP contribution in [0.25, 0.3) is 0 Å². The number of esters is 1. The highest BCUT2D eigenvalue weighted by atomic mass is 35.5. The molecule has 3 nitrogen and oxygen atoms in total. The van der Waals surface area contributed by atoms with Gasteiger partial charge >= 0.3 is 5.97 Å². The molecule has 0 saturated carbocycles. The van der Waals surface area contributed by atoms with Crippen molar-refractivity contribution in [2.24, 2.45) is 5.92 Å². The summed E-state index contributed by atoms with van der Waals surface area (Å²) in [6.07, 6.45) is -0.218. The average Bonchev–Trinajstić information content (AvgIpc) is 2.34. The number of aliphatic hydroxyl groups excluding tert-OH is 1. The van der Waals surface area contributed by atoms with E-state index in [0.29, 0.717) is 29.5 Å². The van der Waals surface area contributed by atoms with Gasteiger partial charge in [0.2, 0.25) is 0 Å². The molecule has 0 aliphatic heterocycles. The van der Waals surface area contributed by atoms with Gasteiger partial charge in [0.1, 0.15) is 0 Å². The number of aliphatic hydroxyl groups is 1. The normalized spacial score (nSPS) is 12.5. The van der Waals surface area contributed by atoms with Crippen LogP contribution >= 0.6 is 11.6 Å². The zero-order valence-corrected chi connectivity index (χ0v) is 11.5. The quantitative estimate of drug-likeness (QED) is 0.807. The first-order chi connectivity index (χ1) is 8.50. The number of hydrogen-bond acceptors (Lipinski definition) is 3. The van der Waals surface area contributed by atoms with Gasteiger partial charge in [0.15, 0.2) is 0 Å². The summed E-state index contributed by atoms with van der Waals surface area (Å²) >= 11 is 5.96. The molecule has 0 saturated heterocycles. The van der Waals surface area contributed by atoms with Gasteiger partial charge in [-0.25, -0.2) is 0 Å². The third kappa shape index (κ3) is 5.07. The highest BCUT2D eigenvalue weighted by molar-refractivity contribution is 6.31. The van der Waals surface area contributed by atoms with Gasteiger partial charge in [0.05, 0.1) is 12.7 Å². The minimum Gasteiger partial charge on any atom is -0.465 e. The summed E-state index contributed by atoms with van der Waals surface area (Å²) in [5, 5.41) is 10.4. The highest BCUT2D eigenvalue weighted by Gasteiger charge is 2.13. The Kier molecular flexibility index (Phi) is 6.16. The molecule has 1 rings (SSSR count). The fourth-order valence-corrected chi connectivity index (χ4v) is 1.75. The van der Waals surface area contributed by atoms with E-state index < -0.39 is 6.10 Å². The minimum absolute atomic E-state index is 0.194. The molecule has 0 aromatic heterocycles. The number of rotatable bonds is 6. The third-order valence-corrected chi connectivity index (χ3v) is 2.81. The molecular weight excluding hydrogens is 252 g/mol. The van der Waals surface area contributed by atoms with E-state index in [4.69, 9.17) is 16.3 Å². The van der Waals surface area contributed by atoms with E-state index in [2.05, 4.69) is 0 Å². The molecule has 1 aromatic rings. The van der Waals surface area contributed by atoms with E-state index in [1.54, 1.807) is 18.2 Å². The van der Waals surface area contributed by atoms with Crippen LogP contribution in [0.3, 0.4) is 0 Å². The van der Waals surface area contributed by atoms with Crippen LogP contribution in [-0.2, 0) is 9.53 Å². The summed E-state index contributed by atoms with van der Waals surface area (Å²) in [5.41, 5.74) is 0.649. The van der Waals surface area contributed by atoms with Crippen molar-refractivity contribution in [3.63, 3.8) is 0 Å². The maximum Gasteiger partial charge on any atom is 0.305 e. The van der Waals surface area contributed by atoms with Crippen molar-refractivity contribution in [2.75, 3.05) is 6.61 Å². The molecule has 18 heavy (non-hydrogen) atoms. The van der Waals surface area contributed by atoms with Crippen molar-refractivity contribution in [3.05, 3.63) is 34.9 Å². The molecule has 1 unspecified atom stereocenters. The van der Waals surface area contributed by atoms with Gasteiger partial charge in [-0.2, -0.15) is 0 Å². The topological polar surface area (TPSA) is 46.5 Å². The molecule has 1 N–H and O–H groups in total. The van der Waals surface area contributed by atoms with Crippen LogP contribution in [0.4, 0.5) is 0 Å². The average molecular weight is 271 g/mol. The smallest absolute Gasteiger partial charge is 0.305 e. The van der Waals surface area contributed by atoms with Crippen molar-refractivity contribution in [3.8, 4) is 0 Å². The summed E-state index contributed by atoms with van der Waals surface area (Å²) in [5.74, 6) is 0.0391. The monoisotopic (exact) mass is 270 g/mol. The van der Waals surface area contributed by atoms with E-state index in [-0.39, 0.29) is 12.4 Å². The first-order valence-electron chi connectivity index (χ1n) is 6.08. The van der Waals surface area contributed by atoms with E-state index in [1.165, 1.54) is 0 Å². The standard InChI is InChI=1S/C14H19ClO3/c1-10(2)9-18-14(17)8-7-13(16)11-5-3-4-6-12(11)15/h3-6,10,13,16H,7-9H2,1-2H3. The summed E-state index contributed by atoms with van der Waals surface area (Å²) in [4.78, 5) is 11.4. The summed E-state index contributed by atoms with van der Waals surface area (Å²) in [7, 11) is 0. The Morgan fingerprint density at radius 1 is 1.39 bits per heavy atom. The van der Waals surface area contributed by atoms with Gasteiger partial charge in [-0.05, 0) is 24.0 Å². The second kappa shape index (κ2) is 7.39. The van der Waals surface area contributed by atoms with E-state index in [0.717, 1.165) is 0 Å². The Labute approximate surface area is 113 Å². The predicted molar refractivity (Wildman–Crippen MR) is 71.4 cm³/mol. The van der Waals surface area contributed by atoms with Crippen LogP contribution in [0.15, 0.2) is 24.3 Å². The second-order valence-electron chi connectivity index (χ2n) is 4.65. The number of benzene rings is 1. The number of ether oxygens (including phenoxy) is 1. The molecule has 100 valence electrons. The lowest BCUT2D eigenvalue weighted by Crippen LogP contribution is -2.11. The Balaban J connectivity index is 2.39. The first-order valence-corrected chi connectivity index (χ1v) is 6.46. The minimum atomic E-state index is -0.731. The fourth-order valence-electron chi connectivity index (χ4n) is 1.49. The molecular formula is C14H19ClO3. The Hall–Kier alpha value is -1.06. The summed E-state index contributed by atoms with van der Waals surface area (Å²) in [6.45, 7) is 4.37. The van der Waals surface area contributed by atoms with Crippen LogP contribution in [-0.4, -0.2) is 17.7 Å². The molecule has 0 spiro atoms. The lowest BCUT2D eigenvalue weighted by Gasteiger charge is -2.12. The molecule has 0 bridgehead atoms. The van der Waals surface area contributed by atoms with Crippen molar-refractivity contribution < 1.29 is 14.6 Å². The van der Waals surface area contributed by atoms with Crippen LogP contribution < -0.4 is 0 Å². The van der Waals surface area contributed by atoms with E-state index in [9.17, 15) is 9.90 Å². The van der Waals surface area contributed by atoms with Crippen molar-refractivity contribution in [1.82, 2.24) is 0 Å². The molecule has 1 atom stereocenters. The molecule has 0 aliphatic carbocycles. The SMILES string of the molecule is CC(C)COC(=O)CCC(O)c1ccccc1Cl. The van der Waals surface area contributed by atoms with E-state index >= 15 is 0 Å². The van der Waals surface area contributed by atoms with Crippen LogP contribution in [0.1, 0.15) is 38.4 Å². The zero-order valence-electron chi connectivity index (χ0n) is 10.7. The zero-order chi connectivity index (χ0) is 13.5. The predicted octanol–water partition coefficient (Wildman–Crippen LogP) is 3.35. The van der Waals surface area contributed by atoms with E-state index in [1.807, 2.05) is 19.9 Å². The highest BCUT2D eigenvalue weighted by Crippen LogP contribution is 2.25. The number of halogens is 1. The van der Waals surface area contributed by atoms with Gasteiger partial charge in [-0.15, -0.1) is 0 Å². The van der Waals surface area contributed by atoms with Gasteiger partial charge < -0.3 is 9.84 Å². The molecule has 1 aromatic carbocycles. The lowest BCUT2D eigenvalue weighted by molar-refractivity contribution is -0.145. The van der Waals surface area contributed by atoms with Gasteiger partial charge in [-0.3, -0.25) is 4.79 Å².